The number of fused-ring (bicyclic) bond motifs is 1. The Bertz CT molecular complexity index is 937. The molecule has 0 radical (unpaired) electrons. The summed E-state index contributed by atoms with van der Waals surface area (Å²) in [6.45, 7) is 9.51. The SMILES string of the molecule is CC(C)OCC1CCC(n2cnc3c(NC(=O)/C=C/CN4CCN(C)CC4)ncnc32)O1. The lowest BCUT2D eigenvalue weighted by Crippen LogP contribution is -2.44. The first-order valence-corrected chi connectivity index (χ1v) is 11.3. The molecular weight excluding hydrogens is 410 g/mol. The second-order valence-corrected chi connectivity index (χ2v) is 8.71. The van der Waals surface area contributed by atoms with E-state index in [0.717, 1.165) is 45.6 Å². The van der Waals surface area contributed by atoms with E-state index in [9.17, 15) is 4.79 Å². The van der Waals surface area contributed by atoms with Gasteiger partial charge in [0, 0.05) is 38.8 Å². The van der Waals surface area contributed by atoms with Crippen LogP contribution in [0.5, 0.6) is 0 Å². The molecule has 2 aromatic heterocycles. The van der Waals surface area contributed by atoms with E-state index >= 15 is 0 Å². The minimum absolute atomic E-state index is 0.0614. The molecule has 0 aromatic carbocycles. The standard InChI is InChI=1S/C22H33N7O3/c1-16(2)31-13-17-6-7-19(32-17)29-15-25-20-21(23-14-24-22(20)29)26-18(30)5-4-8-28-11-9-27(3)10-12-28/h4-5,14-17,19H,6-13H2,1-3H3,(H,23,24,26,30)/b5-4+. The maximum Gasteiger partial charge on any atom is 0.249 e. The monoisotopic (exact) mass is 443 g/mol. The molecule has 0 saturated carbocycles. The number of aromatic nitrogens is 4. The molecule has 2 aliphatic heterocycles. The fraction of sp³-hybridized carbons (Fsp3) is 0.636. The number of nitrogens with one attached hydrogen (secondary N) is 1. The van der Waals surface area contributed by atoms with Crippen LogP contribution >= 0.6 is 0 Å². The number of likely N-dealkylation sites (N-methyl/N-ethyl adjacent to an activating group) is 1. The number of imidazole rings is 1. The lowest BCUT2D eigenvalue weighted by Gasteiger charge is -2.31. The topological polar surface area (TPSA) is 97.6 Å². The van der Waals surface area contributed by atoms with Gasteiger partial charge in [0.05, 0.1) is 25.1 Å². The third kappa shape index (κ3) is 5.69. The van der Waals surface area contributed by atoms with Gasteiger partial charge in [-0.25, -0.2) is 15.0 Å². The Labute approximate surface area is 188 Å². The fourth-order valence-corrected chi connectivity index (χ4v) is 3.97. The van der Waals surface area contributed by atoms with Crippen LogP contribution in [0.25, 0.3) is 11.2 Å². The highest BCUT2D eigenvalue weighted by molar-refractivity contribution is 6.02. The van der Waals surface area contributed by atoms with Crippen molar-refractivity contribution in [2.45, 2.75) is 45.1 Å². The Morgan fingerprint density at radius 3 is 2.84 bits per heavy atom. The number of anilines is 1. The largest absolute Gasteiger partial charge is 0.376 e. The van der Waals surface area contributed by atoms with Crippen molar-refractivity contribution in [3.63, 3.8) is 0 Å². The average molecular weight is 444 g/mol. The molecule has 174 valence electrons. The highest BCUT2D eigenvalue weighted by atomic mass is 16.6. The van der Waals surface area contributed by atoms with Crippen LogP contribution in [0.3, 0.4) is 0 Å². The Kier molecular flexibility index (Phi) is 7.46. The smallest absolute Gasteiger partial charge is 0.249 e. The molecule has 4 heterocycles. The maximum absolute atomic E-state index is 12.4. The molecule has 2 fully saturated rings. The van der Waals surface area contributed by atoms with Gasteiger partial charge in [-0.2, -0.15) is 0 Å². The Morgan fingerprint density at radius 2 is 2.06 bits per heavy atom. The van der Waals surface area contributed by atoms with Crippen molar-refractivity contribution in [2.24, 2.45) is 0 Å². The number of nitrogens with zero attached hydrogens (tertiary/aromatic N) is 6. The maximum atomic E-state index is 12.4. The van der Waals surface area contributed by atoms with Crippen molar-refractivity contribution in [1.29, 1.82) is 0 Å². The van der Waals surface area contributed by atoms with Gasteiger partial charge in [-0.1, -0.05) is 6.08 Å². The van der Waals surface area contributed by atoms with E-state index in [1.54, 1.807) is 12.4 Å². The predicted octanol–water partition coefficient (Wildman–Crippen LogP) is 1.67. The summed E-state index contributed by atoms with van der Waals surface area (Å²) in [4.78, 5) is 30.1. The van der Waals surface area contributed by atoms with Gasteiger partial charge < -0.3 is 19.7 Å². The number of hydrogen-bond acceptors (Lipinski definition) is 8. The summed E-state index contributed by atoms with van der Waals surface area (Å²) >= 11 is 0. The molecule has 2 saturated heterocycles. The van der Waals surface area contributed by atoms with Crippen LogP contribution in [0.4, 0.5) is 5.82 Å². The third-order valence-corrected chi connectivity index (χ3v) is 5.84. The zero-order valence-corrected chi connectivity index (χ0v) is 19.1. The second-order valence-electron chi connectivity index (χ2n) is 8.71. The highest BCUT2D eigenvalue weighted by Crippen LogP contribution is 2.31. The number of hydrogen-bond donors (Lipinski definition) is 1. The minimum Gasteiger partial charge on any atom is -0.376 e. The predicted molar refractivity (Wildman–Crippen MR) is 121 cm³/mol. The van der Waals surface area contributed by atoms with Crippen molar-refractivity contribution in [3.05, 3.63) is 24.8 Å². The molecule has 0 bridgehead atoms. The molecule has 2 aromatic rings. The molecule has 2 atom stereocenters. The van der Waals surface area contributed by atoms with Gasteiger partial charge in [0.2, 0.25) is 5.91 Å². The van der Waals surface area contributed by atoms with Crippen LogP contribution in [0.2, 0.25) is 0 Å². The van der Waals surface area contributed by atoms with Gasteiger partial charge in [0.1, 0.15) is 12.6 Å². The van der Waals surface area contributed by atoms with Crippen molar-refractivity contribution in [3.8, 4) is 0 Å². The number of piperazine rings is 1. The molecular formula is C22H33N7O3. The molecule has 2 aliphatic rings. The fourth-order valence-electron chi connectivity index (χ4n) is 3.97. The lowest BCUT2D eigenvalue weighted by atomic mass is 10.2. The summed E-state index contributed by atoms with van der Waals surface area (Å²) in [7, 11) is 2.13. The normalized spacial score (nSPS) is 23.0. The summed E-state index contributed by atoms with van der Waals surface area (Å²) in [5.41, 5.74) is 1.20. The van der Waals surface area contributed by atoms with Crippen molar-refractivity contribution in [1.82, 2.24) is 29.3 Å². The van der Waals surface area contributed by atoms with E-state index in [1.165, 1.54) is 6.33 Å². The minimum atomic E-state index is -0.225. The number of rotatable bonds is 8. The quantitative estimate of drug-likeness (QED) is 0.616. The van der Waals surface area contributed by atoms with E-state index in [-0.39, 0.29) is 24.3 Å². The van der Waals surface area contributed by atoms with Crippen molar-refractivity contribution >= 4 is 22.9 Å². The van der Waals surface area contributed by atoms with Crippen molar-refractivity contribution in [2.75, 3.05) is 51.7 Å². The molecule has 10 heteroatoms. The zero-order valence-electron chi connectivity index (χ0n) is 19.1. The van der Waals surface area contributed by atoms with E-state index in [1.807, 2.05) is 24.5 Å². The third-order valence-electron chi connectivity index (χ3n) is 5.84. The molecule has 4 rings (SSSR count). The molecule has 2 unspecified atom stereocenters. The Morgan fingerprint density at radius 1 is 1.25 bits per heavy atom. The zero-order chi connectivity index (χ0) is 22.5. The molecule has 10 nitrogen and oxygen atoms in total. The number of ether oxygens (including phenoxy) is 2. The summed E-state index contributed by atoms with van der Waals surface area (Å²) in [6, 6.07) is 0. The lowest BCUT2D eigenvalue weighted by molar-refractivity contribution is -0.111. The molecule has 32 heavy (non-hydrogen) atoms. The molecule has 1 amide bonds. The van der Waals surface area contributed by atoms with Gasteiger partial charge in [-0.3, -0.25) is 14.3 Å². The highest BCUT2D eigenvalue weighted by Gasteiger charge is 2.28. The Balaban J connectivity index is 1.36. The van der Waals surface area contributed by atoms with Crippen molar-refractivity contribution < 1.29 is 14.3 Å². The summed E-state index contributed by atoms with van der Waals surface area (Å²) in [5.74, 6) is 0.178. The van der Waals surface area contributed by atoms with Crippen LogP contribution < -0.4 is 5.32 Å². The van der Waals surface area contributed by atoms with Crippen LogP contribution in [-0.2, 0) is 14.3 Å². The van der Waals surface area contributed by atoms with Gasteiger partial charge in [-0.05, 0) is 33.7 Å². The van der Waals surface area contributed by atoms with Gasteiger partial charge in [-0.15, -0.1) is 0 Å². The van der Waals surface area contributed by atoms with E-state index in [0.29, 0.717) is 23.6 Å². The number of carbonyl (C=O) groups excluding carboxylic acids is 1. The van der Waals surface area contributed by atoms with Crippen LogP contribution in [0.1, 0.15) is 32.9 Å². The molecule has 0 spiro atoms. The molecule has 1 N–H and O–H groups in total. The number of carbonyl (C=O) groups is 1. The summed E-state index contributed by atoms with van der Waals surface area (Å²) < 4.78 is 13.7. The van der Waals surface area contributed by atoms with Gasteiger partial charge in [0.15, 0.2) is 17.0 Å². The van der Waals surface area contributed by atoms with Crippen LogP contribution in [0, 0.1) is 0 Å². The van der Waals surface area contributed by atoms with E-state index in [4.69, 9.17) is 9.47 Å². The summed E-state index contributed by atoms with van der Waals surface area (Å²) in [6.07, 6.45) is 8.47. The van der Waals surface area contributed by atoms with E-state index in [2.05, 4.69) is 37.1 Å². The number of amides is 1. The van der Waals surface area contributed by atoms with E-state index < -0.39 is 0 Å². The first kappa shape index (κ1) is 22.8. The van der Waals surface area contributed by atoms with Crippen LogP contribution in [0.15, 0.2) is 24.8 Å². The van der Waals surface area contributed by atoms with Gasteiger partial charge in [0.25, 0.3) is 0 Å². The average Bonchev–Trinajstić information content (AvgIpc) is 3.41. The first-order valence-electron chi connectivity index (χ1n) is 11.3. The molecule has 0 aliphatic carbocycles. The Hall–Kier alpha value is -2.40. The summed E-state index contributed by atoms with van der Waals surface area (Å²) in [5, 5.41) is 2.83. The van der Waals surface area contributed by atoms with Crippen LogP contribution in [-0.4, -0.2) is 93.8 Å². The van der Waals surface area contributed by atoms with Gasteiger partial charge >= 0.3 is 0 Å². The second kappa shape index (κ2) is 10.5. The first-order chi connectivity index (χ1) is 15.5.